The molecule has 0 bridgehead atoms. The highest BCUT2D eigenvalue weighted by atomic mass is 16.8. The largest absolute Gasteiger partial charge is 0.394 e. The second kappa shape index (κ2) is 58.0. The molecule has 3 fully saturated rings. The molecule has 3 aliphatic rings. The van der Waals surface area contributed by atoms with E-state index in [-0.39, 0.29) is 12.3 Å². The summed E-state index contributed by atoms with van der Waals surface area (Å²) in [5, 5.41) is 121. The Hall–Kier alpha value is -3.55. The van der Waals surface area contributed by atoms with Gasteiger partial charge in [0.2, 0.25) is 5.91 Å². The Balaban J connectivity index is 1.44. The minimum atomic E-state index is -1.99. The molecular weight excluding hydrogens is 1240 g/mol. The van der Waals surface area contributed by atoms with Gasteiger partial charge in [0.25, 0.3) is 0 Å². The van der Waals surface area contributed by atoms with Gasteiger partial charge in [0.15, 0.2) is 18.9 Å². The smallest absolute Gasteiger partial charge is 0.220 e. The molecule has 558 valence electrons. The normalized spacial score (nSPS) is 27.5. The second-order valence-corrected chi connectivity index (χ2v) is 26.4. The molecule has 3 aliphatic heterocycles. The van der Waals surface area contributed by atoms with Gasteiger partial charge in [-0.25, -0.2) is 0 Å². The maximum absolute atomic E-state index is 13.4. The van der Waals surface area contributed by atoms with Gasteiger partial charge < -0.3 is 89.9 Å². The van der Waals surface area contributed by atoms with Crippen LogP contribution in [0.4, 0.5) is 0 Å². The summed E-state index contributed by atoms with van der Waals surface area (Å²) in [6, 6.07) is -1.03. The van der Waals surface area contributed by atoms with Gasteiger partial charge in [0.05, 0.1) is 38.6 Å². The molecule has 17 unspecified atom stereocenters. The summed E-state index contributed by atoms with van der Waals surface area (Å²) < 4.78 is 34.3. The molecule has 0 aliphatic carbocycles. The Labute approximate surface area is 583 Å². The molecule has 97 heavy (non-hydrogen) atoms. The van der Waals surface area contributed by atoms with E-state index in [0.717, 1.165) is 64.2 Å². The van der Waals surface area contributed by atoms with Crippen molar-refractivity contribution >= 4 is 5.91 Å². The number of amides is 1. The van der Waals surface area contributed by atoms with Gasteiger partial charge in [-0.1, -0.05) is 264 Å². The number of hydrogen-bond acceptors (Lipinski definition) is 18. The molecule has 0 aromatic carbocycles. The number of ether oxygens (including phenoxy) is 6. The van der Waals surface area contributed by atoms with E-state index in [2.05, 4.69) is 110 Å². The number of allylic oxidation sites excluding steroid dienone is 17. The van der Waals surface area contributed by atoms with Crippen LogP contribution in [0.15, 0.2) is 109 Å². The van der Waals surface area contributed by atoms with Crippen LogP contribution >= 0.6 is 0 Å². The number of rotatable bonds is 57. The van der Waals surface area contributed by atoms with Crippen molar-refractivity contribution in [2.75, 3.05) is 26.4 Å². The van der Waals surface area contributed by atoms with Gasteiger partial charge in [-0.3, -0.25) is 4.79 Å². The number of nitrogens with one attached hydrogen (secondary N) is 1. The summed E-state index contributed by atoms with van der Waals surface area (Å²) in [5.41, 5.74) is 0. The number of unbranched alkanes of at least 4 members (excludes halogenated alkanes) is 25. The molecule has 19 nitrogen and oxygen atoms in total. The Morgan fingerprint density at radius 2 is 0.722 bits per heavy atom. The van der Waals surface area contributed by atoms with Crippen LogP contribution in [-0.2, 0) is 33.2 Å². The van der Waals surface area contributed by atoms with Gasteiger partial charge in [0.1, 0.15) is 73.2 Å². The lowest BCUT2D eigenvalue weighted by Crippen LogP contribution is -2.66. The van der Waals surface area contributed by atoms with E-state index in [0.29, 0.717) is 19.3 Å². The summed E-state index contributed by atoms with van der Waals surface area (Å²) in [5.74, 6) is -0.345. The third kappa shape index (κ3) is 38.9. The first-order valence-electron chi connectivity index (χ1n) is 37.6. The zero-order valence-corrected chi connectivity index (χ0v) is 59.3. The van der Waals surface area contributed by atoms with Crippen molar-refractivity contribution in [2.24, 2.45) is 0 Å². The minimum absolute atomic E-state index is 0.149. The number of aliphatic hydroxyl groups is 11. The number of aliphatic hydroxyl groups excluding tert-OH is 11. The lowest BCUT2D eigenvalue weighted by atomic mass is 9.96. The monoisotopic (exact) mass is 1370 g/mol. The standard InChI is InChI=1S/C78H133NO18/c1-3-5-7-9-11-13-15-17-19-21-23-25-27-28-29-30-31-32-34-35-37-39-41-43-45-47-49-51-53-55-62(83)61(79-66(84)56-54-52-50-48-46-44-42-40-38-36-33-26-24-22-20-18-16-14-12-10-8-6-4-2)60-92-76-72(90)69(87)74(64(58-81)94-76)97-78-73(91)70(88)75(65(59-82)95-78)96-77-71(89)68(86)67(85)63(57-80)93-77/h6,8,12,14,18,20,24,26,36,38,42,44-45,47-48,50,53,55,61-65,67-78,80-83,85-91H,3-5,7,9-11,13,15-17,19,21-23,25,27-35,37,39-41,43,46,49,51-52,54,56-60H2,1-2H3,(H,79,84)/b8-6-,14-12-,20-18-,26-24-,38-36-,44-42-,47-45+,50-48-,55-53+. The summed E-state index contributed by atoms with van der Waals surface area (Å²) in [6.07, 6.45) is 52.3. The lowest BCUT2D eigenvalue weighted by molar-refractivity contribution is -0.379. The maximum atomic E-state index is 13.4. The molecule has 0 aromatic rings. The van der Waals surface area contributed by atoms with Crippen molar-refractivity contribution in [3.63, 3.8) is 0 Å². The van der Waals surface area contributed by atoms with Gasteiger partial charge >= 0.3 is 0 Å². The summed E-state index contributed by atoms with van der Waals surface area (Å²) in [4.78, 5) is 13.4. The molecule has 12 N–H and O–H groups in total. The predicted octanol–water partition coefficient (Wildman–Crippen LogP) is 11.4. The summed E-state index contributed by atoms with van der Waals surface area (Å²) in [6.45, 7) is 1.57. The van der Waals surface area contributed by atoms with Crippen molar-refractivity contribution in [1.29, 1.82) is 0 Å². The average molecular weight is 1370 g/mol. The van der Waals surface area contributed by atoms with Gasteiger partial charge in [0, 0.05) is 6.42 Å². The van der Waals surface area contributed by atoms with Gasteiger partial charge in [-0.05, 0) is 83.5 Å². The van der Waals surface area contributed by atoms with E-state index in [1.807, 2.05) is 12.2 Å². The Morgan fingerprint density at radius 1 is 0.381 bits per heavy atom. The molecule has 0 aromatic heterocycles. The average Bonchev–Trinajstić information content (AvgIpc) is 0.826. The highest BCUT2D eigenvalue weighted by Crippen LogP contribution is 2.33. The highest BCUT2D eigenvalue weighted by molar-refractivity contribution is 5.76. The van der Waals surface area contributed by atoms with Crippen LogP contribution in [0.1, 0.15) is 245 Å². The van der Waals surface area contributed by atoms with E-state index in [1.165, 1.54) is 141 Å². The molecular formula is C78H133NO18. The SMILES string of the molecule is CC/C=C\C/C=C\C/C=C\C/C=C\C/C=C\C/C=C\C/C=C\CCCC(=O)NC(COC1OC(CO)C(OC2OC(CO)C(OC3OC(CO)C(O)C(O)C3O)C(O)C2O)C(O)C1O)C(O)/C=C/CC/C=C/CCCCCCCCCCCCCCCCCCCCCCCCC. The topological polar surface area (TPSA) is 307 Å². The maximum Gasteiger partial charge on any atom is 0.220 e. The van der Waals surface area contributed by atoms with Crippen LogP contribution in [0.25, 0.3) is 0 Å². The molecule has 3 saturated heterocycles. The fourth-order valence-electron chi connectivity index (χ4n) is 12.0. The molecule has 0 saturated carbocycles. The van der Waals surface area contributed by atoms with E-state index in [4.69, 9.17) is 28.4 Å². The molecule has 3 rings (SSSR count). The fraction of sp³-hybridized carbons (Fsp3) is 0.756. The van der Waals surface area contributed by atoms with E-state index < -0.39 is 131 Å². The zero-order chi connectivity index (χ0) is 70.4. The van der Waals surface area contributed by atoms with Crippen LogP contribution in [0.3, 0.4) is 0 Å². The van der Waals surface area contributed by atoms with E-state index in [9.17, 15) is 61.0 Å². The lowest BCUT2D eigenvalue weighted by Gasteiger charge is -2.48. The predicted molar refractivity (Wildman–Crippen MR) is 383 cm³/mol. The Morgan fingerprint density at radius 3 is 1.15 bits per heavy atom. The van der Waals surface area contributed by atoms with E-state index >= 15 is 0 Å². The van der Waals surface area contributed by atoms with Crippen molar-refractivity contribution < 1.29 is 89.4 Å². The van der Waals surface area contributed by atoms with Gasteiger partial charge in [-0.15, -0.1) is 0 Å². The van der Waals surface area contributed by atoms with Gasteiger partial charge in [-0.2, -0.15) is 0 Å². The molecule has 17 atom stereocenters. The summed E-state index contributed by atoms with van der Waals surface area (Å²) in [7, 11) is 0. The van der Waals surface area contributed by atoms with Crippen LogP contribution in [-0.4, -0.2) is 193 Å². The third-order valence-corrected chi connectivity index (χ3v) is 18.1. The van der Waals surface area contributed by atoms with Crippen LogP contribution in [0, 0.1) is 0 Å². The molecule has 3 heterocycles. The fourth-order valence-corrected chi connectivity index (χ4v) is 12.0. The molecule has 0 spiro atoms. The van der Waals surface area contributed by atoms with E-state index in [1.54, 1.807) is 6.08 Å². The van der Waals surface area contributed by atoms with Crippen molar-refractivity contribution in [2.45, 2.75) is 349 Å². The molecule has 0 radical (unpaired) electrons. The molecule has 19 heteroatoms. The first-order chi connectivity index (χ1) is 47.3. The summed E-state index contributed by atoms with van der Waals surface area (Å²) >= 11 is 0. The number of carbonyl (C=O) groups excluding carboxylic acids is 1. The van der Waals surface area contributed by atoms with Crippen LogP contribution in [0.5, 0.6) is 0 Å². The number of hydrogen-bond donors (Lipinski definition) is 12. The van der Waals surface area contributed by atoms with Crippen molar-refractivity contribution in [3.8, 4) is 0 Å². The van der Waals surface area contributed by atoms with Crippen molar-refractivity contribution in [3.05, 3.63) is 109 Å². The Kier molecular flexibility index (Phi) is 52.4. The second-order valence-electron chi connectivity index (χ2n) is 26.4. The highest BCUT2D eigenvalue weighted by Gasteiger charge is 2.53. The van der Waals surface area contributed by atoms with Crippen molar-refractivity contribution in [1.82, 2.24) is 5.32 Å². The third-order valence-electron chi connectivity index (χ3n) is 18.1. The minimum Gasteiger partial charge on any atom is -0.394 e. The zero-order valence-electron chi connectivity index (χ0n) is 59.3. The first kappa shape index (κ1) is 87.7. The Bertz CT molecular complexity index is 2180. The quantitative estimate of drug-likeness (QED) is 0.0199. The number of carbonyl (C=O) groups is 1. The van der Waals surface area contributed by atoms with Crippen LogP contribution in [0.2, 0.25) is 0 Å². The molecule has 1 amide bonds. The van der Waals surface area contributed by atoms with Crippen LogP contribution < -0.4 is 5.32 Å². The first-order valence-corrected chi connectivity index (χ1v) is 37.6.